The molecule has 1 heterocycles. The average Bonchev–Trinajstić information content (AvgIpc) is 2.68. The quantitative estimate of drug-likeness (QED) is 0.796. The number of hydrogen-bond donors (Lipinski definition) is 1. The predicted octanol–water partition coefficient (Wildman–Crippen LogP) is 3.10. The van der Waals surface area contributed by atoms with Gasteiger partial charge in [-0.3, -0.25) is 0 Å². The maximum absolute atomic E-state index is 3.52. The van der Waals surface area contributed by atoms with E-state index in [2.05, 4.69) is 43.4 Å². The Hall–Kier alpha value is -0.820. The summed E-state index contributed by atoms with van der Waals surface area (Å²) in [4.78, 5) is 0. The van der Waals surface area contributed by atoms with Crippen LogP contribution in [0.4, 0.5) is 0 Å². The van der Waals surface area contributed by atoms with Gasteiger partial charge < -0.3 is 5.32 Å². The van der Waals surface area contributed by atoms with Crippen molar-refractivity contribution in [3.8, 4) is 0 Å². The Morgan fingerprint density at radius 1 is 1.20 bits per heavy atom. The van der Waals surface area contributed by atoms with Crippen LogP contribution in [0.5, 0.6) is 0 Å². The maximum atomic E-state index is 3.52. The summed E-state index contributed by atoms with van der Waals surface area (Å²) >= 11 is 0. The van der Waals surface area contributed by atoms with Crippen LogP contribution < -0.4 is 5.32 Å². The third kappa shape index (κ3) is 2.40. The molecule has 1 nitrogen and oxygen atoms in total. The van der Waals surface area contributed by atoms with Gasteiger partial charge in [0.15, 0.2) is 0 Å². The molecule has 1 N–H and O–H groups in total. The van der Waals surface area contributed by atoms with Crippen molar-refractivity contribution in [2.45, 2.75) is 32.6 Å². The molecule has 2 atom stereocenters. The predicted molar refractivity (Wildman–Crippen MR) is 65.2 cm³/mol. The van der Waals surface area contributed by atoms with Crippen LogP contribution in [0.1, 0.15) is 36.8 Å². The van der Waals surface area contributed by atoms with Gasteiger partial charge in [0.25, 0.3) is 0 Å². The molecule has 1 heteroatoms. The van der Waals surface area contributed by atoms with Gasteiger partial charge in [-0.05, 0) is 31.4 Å². The first kappa shape index (κ1) is 10.7. The Labute approximate surface area is 92.9 Å². The van der Waals surface area contributed by atoms with E-state index in [0.29, 0.717) is 0 Å². The van der Waals surface area contributed by atoms with E-state index < -0.39 is 0 Å². The Balaban J connectivity index is 2.11. The van der Waals surface area contributed by atoms with Gasteiger partial charge in [0, 0.05) is 12.5 Å². The third-order valence-electron chi connectivity index (χ3n) is 3.50. The van der Waals surface area contributed by atoms with E-state index in [4.69, 9.17) is 0 Å². The van der Waals surface area contributed by atoms with Gasteiger partial charge >= 0.3 is 0 Å². The summed E-state index contributed by atoms with van der Waals surface area (Å²) in [5.74, 6) is 1.59. The van der Waals surface area contributed by atoms with Crippen LogP contribution in [-0.4, -0.2) is 13.1 Å². The van der Waals surface area contributed by atoms with Crippen molar-refractivity contribution in [3.63, 3.8) is 0 Å². The van der Waals surface area contributed by atoms with E-state index in [1.54, 1.807) is 0 Å². The zero-order chi connectivity index (χ0) is 10.7. The van der Waals surface area contributed by atoms with E-state index in [-0.39, 0.29) is 0 Å². The highest BCUT2D eigenvalue weighted by Gasteiger charge is 2.27. The standard InChI is InChI=1S/C14H21N/c1-3-4-13-9-15-10-14(13)12-7-5-11(2)6-8-12/h5-8,13-15H,3-4,9-10H2,1-2H3. The highest BCUT2D eigenvalue weighted by atomic mass is 14.9. The summed E-state index contributed by atoms with van der Waals surface area (Å²) < 4.78 is 0. The second kappa shape index (κ2) is 4.80. The van der Waals surface area contributed by atoms with Gasteiger partial charge in [-0.1, -0.05) is 43.2 Å². The van der Waals surface area contributed by atoms with Gasteiger partial charge in [-0.15, -0.1) is 0 Å². The molecule has 1 saturated heterocycles. The molecule has 1 aromatic rings. The first-order chi connectivity index (χ1) is 7.31. The zero-order valence-electron chi connectivity index (χ0n) is 9.79. The number of hydrogen-bond acceptors (Lipinski definition) is 1. The Morgan fingerprint density at radius 2 is 1.93 bits per heavy atom. The van der Waals surface area contributed by atoms with Crippen molar-refractivity contribution in [2.75, 3.05) is 13.1 Å². The lowest BCUT2D eigenvalue weighted by Crippen LogP contribution is -2.10. The summed E-state index contributed by atoms with van der Waals surface area (Å²) in [6.07, 6.45) is 2.65. The SMILES string of the molecule is CCCC1CNCC1c1ccc(C)cc1. The smallest absolute Gasteiger partial charge is 0.00234 e. The minimum atomic E-state index is 0.741. The molecule has 2 rings (SSSR count). The van der Waals surface area contributed by atoms with Crippen molar-refractivity contribution in [1.29, 1.82) is 0 Å². The summed E-state index contributed by atoms with van der Waals surface area (Å²) in [6.45, 7) is 6.80. The number of nitrogens with one attached hydrogen (secondary N) is 1. The Bertz CT molecular complexity index is 302. The molecule has 0 spiro atoms. The lowest BCUT2D eigenvalue weighted by atomic mass is 9.86. The topological polar surface area (TPSA) is 12.0 Å². The molecule has 15 heavy (non-hydrogen) atoms. The molecule has 0 aromatic heterocycles. The van der Waals surface area contributed by atoms with Crippen LogP contribution in [0.15, 0.2) is 24.3 Å². The summed E-state index contributed by atoms with van der Waals surface area (Å²) in [5, 5.41) is 3.52. The fraction of sp³-hybridized carbons (Fsp3) is 0.571. The van der Waals surface area contributed by atoms with Crippen molar-refractivity contribution in [2.24, 2.45) is 5.92 Å². The summed E-state index contributed by atoms with van der Waals surface area (Å²) in [5.41, 5.74) is 2.88. The van der Waals surface area contributed by atoms with Crippen LogP contribution in [-0.2, 0) is 0 Å². The highest BCUT2D eigenvalue weighted by molar-refractivity contribution is 5.26. The molecule has 0 bridgehead atoms. The molecule has 1 aliphatic rings. The maximum Gasteiger partial charge on any atom is 0.00234 e. The van der Waals surface area contributed by atoms with Crippen LogP contribution in [0.3, 0.4) is 0 Å². The molecular formula is C14H21N. The summed E-state index contributed by atoms with van der Waals surface area (Å²) in [6, 6.07) is 9.07. The van der Waals surface area contributed by atoms with Crippen LogP contribution in [0.25, 0.3) is 0 Å². The molecule has 0 radical (unpaired) electrons. The second-order valence-electron chi connectivity index (χ2n) is 4.72. The van der Waals surface area contributed by atoms with E-state index in [0.717, 1.165) is 18.4 Å². The van der Waals surface area contributed by atoms with E-state index in [9.17, 15) is 0 Å². The van der Waals surface area contributed by atoms with E-state index >= 15 is 0 Å². The number of rotatable bonds is 3. The Kier molecular flexibility index (Phi) is 3.42. The Morgan fingerprint density at radius 3 is 2.60 bits per heavy atom. The highest BCUT2D eigenvalue weighted by Crippen LogP contribution is 2.31. The first-order valence-electron chi connectivity index (χ1n) is 6.08. The average molecular weight is 203 g/mol. The molecule has 82 valence electrons. The third-order valence-corrected chi connectivity index (χ3v) is 3.50. The second-order valence-corrected chi connectivity index (χ2v) is 4.72. The van der Waals surface area contributed by atoms with Crippen LogP contribution in [0, 0.1) is 12.8 Å². The molecule has 0 aliphatic carbocycles. The lowest BCUT2D eigenvalue weighted by molar-refractivity contribution is 0.473. The molecule has 0 amide bonds. The van der Waals surface area contributed by atoms with Crippen LogP contribution in [0.2, 0.25) is 0 Å². The number of aryl methyl sites for hydroxylation is 1. The molecular weight excluding hydrogens is 182 g/mol. The lowest BCUT2D eigenvalue weighted by Gasteiger charge is -2.18. The molecule has 2 unspecified atom stereocenters. The first-order valence-corrected chi connectivity index (χ1v) is 6.08. The normalized spacial score (nSPS) is 25.7. The zero-order valence-corrected chi connectivity index (χ0v) is 9.79. The van der Waals surface area contributed by atoms with Crippen molar-refractivity contribution < 1.29 is 0 Å². The van der Waals surface area contributed by atoms with E-state index in [1.807, 2.05) is 0 Å². The molecule has 1 aromatic carbocycles. The molecule has 1 fully saturated rings. The minimum absolute atomic E-state index is 0.741. The van der Waals surface area contributed by atoms with Crippen molar-refractivity contribution >= 4 is 0 Å². The van der Waals surface area contributed by atoms with Gasteiger partial charge in [0.1, 0.15) is 0 Å². The van der Waals surface area contributed by atoms with Gasteiger partial charge in [0.2, 0.25) is 0 Å². The van der Waals surface area contributed by atoms with Crippen LogP contribution >= 0.6 is 0 Å². The number of benzene rings is 1. The molecule has 0 saturated carbocycles. The minimum Gasteiger partial charge on any atom is -0.316 e. The monoisotopic (exact) mass is 203 g/mol. The largest absolute Gasteiger partial charge is 0.316 e. The fourth-order valence-corrected chi connectivity index (χ4v) is 2.61. The van der Waals surface area contributed by atoms with Gasteiger partial charge in [0.05, 0.1) is 0 Å². The summed E-state index contributed by atoms with van der Waals surface area (Å²) in [7, 11) is 0. The van der Waals surface area contributed by atoms with Gasteiger partial charge in [-0.2, -0.15) is 0 Å². The van der Waals surface area contributed by atoms with Crippen molar-refractivity contribution in [1.82, 2.24) is 5.32 Å². The van der Waals surface area contributed by atoms with E-state index in [1.165, 1.54) is 30.5 Å². The fourth-order valence-electron chi connectivity index (χ4n) is 2.61. The van der Waals surface area contributed by atoms with Crippen molar-refractivity contribution in [3.05, 3.63) is 35.4 Å². The molecule has 1 aliphatic heterocycles. The van der Waals surface area contributed by atoms with Gasteiger partial charge in [-0.25, -0.2) is 0 Å².